The van der Waals surface area contributed by atoms with Gasteiger partial charge in [-0.05, 0) is 19.4 Å². The van der Waals surface area contributed by atoms with Crippen LogP contribution >= 0.6 is 0 Å². The highest BCUT2D eigenvalue weighted by Crippen LogP contribution is 2.17. The molecule has 0 aliphatic rings. The van der Waals surface area contributed by atoms with Crippen molar-refractivity contribution in [3.8, 4) is 0 Å². The highest BCUT2D eigenvalue weighted by Gasteiger charge is 2.14. The Bertz CT molecular complexity index is 606. The van der Waals surface area contributed by atoms with Crippen molar-refractivity contribution >= 4 is 27.6 Å². The molecule has 5 heteroatoms. The number of aromatic nitrogens is 1. The van der Waals surface area contributed by atoms with Crippen molar-refractivity contribution in [1.82, 2.24) is 10.3 Å². The van der Waals surface area contributed by atoms with E-state index in [1.165, 1.54) is 0 Å². The van der Waals surface area contributed by atoms with Gasteiger partial charge < -0.3 is 10.3 Å². The number of nitrogens with one attached hydrogen (secondary N) is 2. The van der Waals surface area contributed by atoms with E-state index in [9.17, 15) is 9.00 Å². The molecule has 1 amide bonds. The molecule has 0 aliphatic carbocycles. The van der Waals surface area contributed by atoms with Crippen molar-refractivity contribution in [3.05, 3.63) is 36.0 Å². The van der Waals surface area contributed by atoms with Crippen molar-refractivity contribution in [2.75, 3.05) is 12.0 Å². The smallest absolute Gasteiger partial charge is 0.253 e. The molecular weight excluding hydrogens is 260 g/mol. The molecule has 1 aromatic heterocycles. The molecule has 0 spiro atoms. The molecule has 2 unspecified atom stereocenters. The lowest BCUT2D eigenvalue weighted by molar-refractivity contribution is 0.0941. The van der Waals surface area contributed by atoms with Gasteiger partial charge in [-0.1, -0.05) is 18.2 Å². The van der Waals surface area contributed by atoms with Crippen LogP contribution in [0.4, 0.5) is 0 Å². The van der Waals surface area contributed by atoms with E-state index in [1.807, 2.05) is 31.2 Å². The first-order valence-corrected chi connectivity index (χ1v) is 7.97. The van der Waals surface area contributed by atoms with Crippen LogP contribution in [0.25, 0.3) is 10.9 Å². The van der Waals surface area contributed by atoms with Crippen molar-refractivity contribution < 1.29 is 9.00 Å². The second-order valence-corrected chi connectivity index (χ2v) is 6.24. The maximum absolute atomic E-state index is 12.2. The number of hydrogen-bond acceptors (Lipinski definition) is 2. The van der Waals surface area contributed by atoms with Crippen LogP contribution in [0.15, 0.2) is 30.5 Å². The van der Waals surface area contributed by atoms with Crippen LogP contribution in [0.3, 0.4) is 0 Å². The fourth-order valence-electron chi connectivity index (χ4n) is 1.98. The third-order valence-corrected chi connectivity index (χ3v) is 3.86. The summed E-state index contributed by atoms with van der Waals surface area (Å²) in [4.78, 5) is 15.3. The standard InChI is InChI=1S/C14H18N2O2S/c1-10(7-8-19(2)18)16-14(17)12-9-15-13-6-4-3-5-11(12)13/h3-6,9-10,15H,7-8H2,1-2H3,(H,16,17). The average Bonchev–Trinajstić information content (AvgIpc) is 2.80. The number of benzene rings is 1. The van der Waals surface area contributed by atoms with Crippen LogP contribution < -0.4 is 5.32 Å². The zero-order valence-corrected chi connectivity index (χ0v) is 11.9. The summed E-state index contributed by atoms with van der Waals surface area (Å²) in [5, 5.41) is 3.86. The van der Waals surface area contributed by atoms with Gasteiger partial charge in [-0.15, -0.1) is 0 Å². The number of carbonyl (C=O) groups excluding carboxylic acids is 1. The van der Waals surface area contributed by atoms with Crippen LogP contribution in [0.2, 0.25) is 0 Å². The van der Waals surface area contributed by atoms with Crippen LogP contribution in [0, 0.1) is 0 Å². The van der Waals surface area contributed by atoms with Crippen LogP contribution in [-0.2, 0) is 10.8 Å². The monoisotopic (exact) mass is 278 g/mol. The third kappa shape index (κ3) is 3.44. The predicted molar refractivity (Wildman–Crippen MR) is 78.8 cm³/mol. The zero-order valence-electron chi connectivity index (χ0n) is 11.1. The number of H-pyrrole nitrogens is 1. The minimum Gasteiger partial charge on any atom is -0.360 e. The zero-order chi connectivity index (χ0) is 13.8. The molecule has 2 aromatic rings. The van der Waals surface area contributed by atoms with E-state index in [2.05, 4.69) is 10.3 Å². The number of fused-ring (bicyclic) bond motifs is 1. The van der Waals surface area contributed by atoms with Crippen molar-refractivity contribution in [1.29, 1.82) is 0 Å². The quantitative estimate of drug-likeness (QED) is 0.879. The Kier molecular flexibility index (Phi) is 4.37. The summed E-state index contributed by atoms with van der Waals surface area (Å²) in [6.07, 6.45) is 4.12. The molecule has 2 atom stereocenters. The molecule has 2 rings (SSSR count). The summed E-state index contributed by atoms with van der Waals surface area (Å²) < 4.78 is 11.0. The number of para-hydroxylation sites is 1. The first-order chi connectivity index (χ1) is 9.08. The minimum atomic E-state index is -0.817. The molecule has 0 aliphatic heterocycles. The Morgan fingerprint density at radius 3 is 2.89 bits per heavy atom. The molecule has 2 N–H and O–H groups in total. The van der Waals surface area contributed by atoms with Gasteiger partial charge in [-0.2, -0.15) is 0 Å². The molecule has 19 heavy (non-hydrogen) atoms. The van der Waals surface area contributed by atoms with Gasteiger partial charge >= 0.3 is 0 Å². The third-order valence-electron chi connectivity index (χ3n) is 3.05. The Morgan fingerprint density at radius 2 is 2.16 bits per heavy atom. The van der Waals surface area contributed by atoms with Gasteiger partial charge in [0, 0.05) is 45.9 Å². The van der Waals surface area contributed by atoms with Crippen molar-refractivity contribution in [2.24, 2.45) is 0 Å². The van der Waals surface area contributed by atoms with Gasteiger partial charge in [0.15, 0.2) is 0 Å². The van der Waals surface area contributed by atoms with E-state index < -0.39 is 10.8 Å². The van der Waals surface area contributed by atoms with E-state index >= 15 is 0 Å². The Balaban J connectivity index is 2.05. The van der Waals surface area contributed by atoms with Gasteiger partial charge in [-0.3, -0.25) is 9.00 Å². The van der Waals surface area contributed by atoms with Crippen LogP contribution in [-0.4, -0.2) is 33.2 Å². The lowest BCUT2D eigenvalue weighted by atomic mass is 10.1. The lowest BCUT2D eigenvalue weighted by Gasteiger charge is -2.12. The van der Waals surface area contributed by atoms with E-state index in [-0.39, 0.29) is 11.9 Å². The molecular formula is C14H18N2O2S. The van der Waals surface area contributed by atoms with Gasteiger partial charge in [0.2, 0.25) is 0 Å². The van der Waals surface area contributed by atoms with E-state index in [4.69, 9.17) is 0 Å². The maximum Gasteiger partial charge on any atom is 0.253 e. The molecule has 0 fully saturated rings. The van der Waals surface area contributed by atoms with E-state index in [0.29, 0.717) is 11.3 Å². The fraction of sp³-hybridized carbons (Fsp3) is 0.357. The Hall–Kier alpha value is -1.62. The van der Waals surface area contributed by atoms with Crippen LogP contribution in [0.5, 0.6) is 0 Å². The average molecular weight is 278 g/mol. The SMILES string of the molecule is CC(CCS(C)=O)NC(=O)c1c[nH]c2ccccc12. The van der Waals surface area contributed by atoms with Gasteiger partial charge in [0.1, 0.15) is 0 Å². The van der Waals surface area contributed by atoms with Gasteiger partial charge in [0.05, 0.1) is 5.56 Å². The predicted octanol–water partition coefficient (Wildman–Crippen LogP) is 2.05. The molecule has 0 saturated carbocycles. The number of carbonyl (C=O) groups is 1. The summed E-state index contributed by atoms with van der Waals surface area (Å²) in [5.74, 6) is 0.516. The maximum atomic E-state index is 12.2. The summed E-state index contributed by atoms with van der Waals surface area (Å²) in [5.41, 5.74) is 1.61. The fourth-order valence-corrected chi connectivity index (χ4v) is 2.66. The largest absolute Gasteiger partial charge is 0.360 e. The number of aromatic amines is 1. The summed E-state index contributed by atoms with van der Waals surface area (Å²) in [6, 6.07) is 7.73. The molecule has 0 bridgehead atoms. The Labute approximate surface area is 115 Å². The molecule has 1 heterocycles. The molecule has 0 radical (unpaired) electrons. The second kappa shape index (κ2) is 6.02. The summed E-state index contributed by atoms with van der Waals surface area (Å²) in [7, 11) is -0.817. The molecule has 0 saturated heterocycles. The highest BCUT2D eigenvalue weighted by atomic mass is 32.2. The first-order valence-electron chi connectivity index (χ1n) is 6.25. The topological polar surface area (TPSA) is 62.0 Å². The van der Waals surface area contributed by atoms with Crippen molar-refractivity contribution in [2.45, 2.75) is 19.4 Å². The Morgan fingerprint density at radius 1 is 1.42 bits per heavy atom. The first kappa shape index (κ1) is 13.8. The van der Waals surface area contributed by atoms with E-state index in [1.54, 1.807) is 12.5 Å². The molecule has 4 nitrogen and oxygen atoms in total. The summed E-state index contributed by atoms with van der Waals surface area (Å²) >= 11 is 0. The van der Waals surface area contributed by atoms with Crippen LogP contribution in [0.1, 0.15) is 23.7 Å². The molecule has 1 aromatic carbocycles. The lowest BCUT2D eigenvalue weighted by Crippen LogP contribution is -2.33. The number of rotatable bonds is 5. The number of hydrogen-bond donors (Lipinski definition) is 2. The number of amides is 1. The normalized spacial score (nSPS) is 14.2. The minimum absolute atomic E-state index is 0.0186. The van der Waals surface area contributed by atoms with Gasteiger partial charge in [0.25, 0.3) is 5.91 Å². The highest BCUT2D eigenvalue weighted by molar-refractivity contribution is 7.84. The van der Waals surface area contributed by atoms with Gasteiger partial charge in [-0.25, -0.2) is 0 Å². The molecule has 102 valence electrons. The second-order valence-electron chi connectivity index (χ2n) is 4.69. The summed E-state index contributed by atoms with van der Waals surface area (Å²) in [6.45, 7) is 1.93. The van der Waals surface area contributed by atoms with E-state index in [0.717, 1.165) is 17.3 Å². The van der Waals surface area contributed by atoms with Crippen molar-refractivity contribution in [3.63, 3.8) is 0 Å².